The van der Waals surface area contributed by atoms with E-state index in [9.17, 15) is 8.42 Å². The van der Waals surface area contributed by atoms with Gasteiger partial charge >= 0.3 is 10.1 Å². The third-order valence-electron chi connectivity index (χ3n) is 1.11. The lowest BCUT2D eigenvalue weighted by atomic mass is 10.5. The monoisotopic (exact) mass is 180 g/mol. The summed E-state index contributed by atoms with van der Waals surface area (Å²) in [6.07, 6.45) is 2.75. The largest absolute Gasteiger partial charge is 0.477 e. The van der Waals surface area contributed by atoms with Crippen LogP contribution in [-0.2, 0) is 14.9 Å². The summed E-state index contributed by atoms with van der Waals surface area (Å²) in [5, 5.41) is 0. The molecule has 0 amide bonds. The molecule has 0 aliphatic carbocycles. The number of hydrogen-bond acceptors (Lipinski definition) is 3. The fourth-order valence-corrected chi connectivity index (χ4v) is 0.470. The third kappa shape index (κ3) is 2.90. The molecule has 0 bridgehead atoms. The van der Waals surface area contributed by atoms with Crippen LogP contribution in [0.3, 0.4) is 0 Å². The highest BCUT2D eigenvalue weighted by atomic mass is 32.2. The van der Waals surface area contributed by atoms with E-state index in [0.29, 0.717) is 0 Å². The maximum Gasteiger partial charge on any atom is 0.305 e. The molecule has 0 radical (unpaired) electrons. The van der Waals surface area contributed by atoms with E-state index < -0.39 is 15.1 Å². The van der Waals surface area contributed by atoms with Gasteiger partial charge in [0, 0.05) is 0 Å². The van der Waals surface area contributed by atoms with Gasteiger partial charge in [0.1, 0.15) is 0 Å². The molecule has 0 fully saturated rings. The van der Waals surface area contributed by atoms with Gasteiger partial charge in [-0.2, -0.15) is 8.42 Å². The summed E-state index contributed by atoms with van der Waals surface area (Å²) < 4.78 is 34.4. The van der Waals surface area contributed by atoms with Crippen molar-refractivity contribution in [3.63, 3.8) is 0 Å². The van der Waals surface area contributed by atoms with Gasteiger partial charge in [-0.3, -0.25) is 4.55 Å². The number of ether oxygens (including phenoxy) is 1. The molecule has 5 heteroatoms. The standard InChI is InChI=1S/C6H12O4S/c1-4-5-10-6(2,3)11(7,8)9/h4-5H,1-3H3,(H,7,8,9). The molecule has 0 aliphatic heterocycles. The average Bonchev–Trinajstić information content (AvgIpc) is 1.81. The van der Waals surface area contributed by atoms with Crippen LogP contribution < -0.4 is 0 Å². The van der Waals surface area contributed by atoms with Gasteiger partial charge in [-0.15, -0.1) is 0 Å². The van der Waals surface area contributed by atoms with Crippen molar-refractivity contribution in [2.75, 3.05) is 0 Å². The summed E-state index contributed by atoms with van der Waals surface area (Å²) in [5.74, 6) is 0. The van der Waals surface area contributed by atoms with Crippen LogP contribution in [0, 0.1) is 0 Å². The van der Waals surface area contributed by atoms with E-state index in [1.54, 1.807) is 6.92 Å². The molecule has 0 rings (SSSR count). The van der Waals surface area contributed by atoms with Crippen LogP contribution in [0.2, 0.25) is 0 Å². The molecular weight excluding hydrogens is 168 g/mol. The maximum absolute atomic E-state index is 10.6. The predicted molar refractivity (Wildman–Crippen MR) is 41.5 cm³/mol. The fraction of sp³-hybridized carbons (Fsp3) is 0.667. The van der Waals surface area contributed by atoms with E-state index in [0.717, 1.165) is 0 Å². The van der Waals surface area contributed by atoms with E-state index in [1.165, 1.54) is 26.2 Å². The molecule has 0 saturated carbocycles. The summed E-state index contributed by atoms with van der Waals surface area (Å²) >= 11 is 0. The first-order chi connectivity index (χ1) is 4.81. The quantitative estimate of drug-likeness (QED) is 0.523. The molecule has 11 heavy (non-hydrogen) atoms. The van der Waals surface area contributed by atoms with Crippen molar-refractivity contribution in [2.24, 2.45) is 0 Å². The van der Waals surface area contributed by atoms with Crippen molar-refractivity contribution in [3.8, 4) is 0 Å². The highest BCUT2D eigenvalue weighted by molar-refractivity contribution is 7.87. The highest BCUT2D eigenvalue weighted by Gasteiger charge is 2.33. The Morgan fingerprint density at radius 3 is 2.18 bits per heavy atom. The molecule has 4 nitrogen and oxygen atoms in total. The first kappa shape index (κ1) is 10.4. The van der Waals surface area contributed by atoms with Crippen molar-refractivity contribution in [3.05, 3.63) is 12.3 Å². The van der Waals surface area contributed by atoms with Crippen LogP contribution >= 0.6 is 0 Å². The predicted octanol–water partition coefficient (Wildman–Crippen LogP) is 1.16. The molecule has 0 unspecified atom stereocenters. The molecule has 0 aliphatic rings. The average molecular weight is 180 g/mol. The van der Waals surface area contributed by atoms with Crippen LogP contribution in [0.4, 0.5) is 0 Å². The SMILES string of the molecule is CC=COC(C)(C)S(=O)(=O)O. The lowest BCUT2D eigenvalue weighted by Gasteiger charge is -2.19. The molecule has 0 heterocycles. The fourth-order valence-electron chi connectivity index (χ4n) is 0.293. The van der Waals surface area contributed by atoms with Gasteiger partial charge in [0.15, 0.2) is 0 Å². The molecular formula is C6H12O4S. The third-order valence-corrected chi connectivity index (χ3v) is 2.45. The Hall–Kier alpha value is -0.550. The summed E-state index contributed by atoms with van der Waals surface area (Å²) in [6.45, 7) is 4.21. The maximum atomic E-state index is 10.6. The Labute approximate surface area is 66.6 Å². The second-order valence-electron chi connectivity index (χ2n) is 2.46. The van der Waals surface area contributed by atoms with Gasteiger partial charge in [0.25, 0.3) is 0 Å². The van der Waals surface area contributed by atoms with Crippen molar-refractivity contribution < 1.29 is 17.7 Å². The van der Waals surface area contributed by atoms with E-state index in [1.807, 2.05) is 0 Å². The van der Waals surface area contributed by atoms with E-state index in [2.05, 4.69) is 0 Å². The highest BCUT2D eigenvalue weighted by Crippen LogP contribution is 2.16. The number of allylic oxidation sites excluding steroid dienone is 1. The number of hydrogen-bond donors (Lipinski definition) is 1. The Morgan fingerprint density at radius 2 is 1.91 bits per heavy atom. The first-order valence-electron chi connectivity index (χ1n) is 3.07. The van der Waals surface area contributed by atoms with E-state index in [-0.39, 0.29) is 0 Å². The van der Waals surface area contributed by atoms with Crippen LogP contribution in [0.15, 0.2) is 12.3 Å². The Bertz CT molecular complexity index is 237. The molecule has 66 valence electrons. The molecule has 0 aromatic rings. The lowest BCUT2D eigenvalue weighted by molar-refractivity contribution is 0.124. The molecule has 0 aromatic heterocycles. The van der Waals surface area contributed by atoms with Crippen molar-refractivity contribution in [1.82, 2.24) is 0 Å². The molecule has 0 atom stereocenters. The Balaban J connectivity index is 4.48. The van der Waals surface area contributed by atoms with Crippen LogP contribution in [0.25, 0.3) is 0 Å². The minimum Gasteiger partial charge on any atom is -0.477 e. The topological polar surface area (TPSA) is 63.6 Å². The van der Waals surface area contributed by atoms with Crippen molar-refractivity contribution >= 4 is 10.1 Å². The second kappa shape index (κ2) is 3.23. The Morgan fingerprint density at radius 1 is 1.45 bits per heavy atom. The van der Waals surface area contributed by atoms with Crippen molar-refractivity contribution in [1.29, 1.82) is 0 Å². The molecule has 0 aromatic carbocycles. The smallest absolute Gasteiger partial charge is 0.305 e. The molecule has 0 spiro atoms. The normalized spacial score (nSPS) is 13.8. The summed E-state index contributed by atoms with van der Waals surface area (Å²) in [6, 6.07) is 0. The van der Waals surface area contributed by atoms with E-state index >= 15 is 0 Å². The minimum absolute atomic E-state index is 1.22. The van der Waals surface area contributed by atoms with Crippen LogP contribution in [0.1, 0.15) is 20.8 Å². The summed E-state index contributed by atoms with van der Waals surface area (Å²) in [4.78, 5) is -1.57. The molecule has 1 N–H and O–H groups in total. The van der Waals surface area contributed by atoms with Crippen LogP contribution in [0.5, 0.6) is 0 Å². The second-order valence-corrected chi connectivity index (χ2v) is 4.40. The van der Waals surface area contributed by atoms with Gasteiger partial charge < -0.3 is 4.74 Å². The van der Waals surface area contributed by atoms with Gasteiger partial charge in [-0.1, -0.05) is 6.08 Å². The van der Waals surface area contributed by atoms with Crippen molar-refractivity contribution in [2.45, 2.75) is 25.7 Å². The van der Waals surface area contributed by atoms with Gasteiger partial charge in [-0.25, -0.2) is 0 Å². The van der Waals surface area contributed by atoms with E-state index in [4.69, 9.17) is 9.29 Å². The minimum atomic E-state index is -4.15. The Kier molecular flexibility index (Phi) is 3.07. The zero-order chi connectivity index (χ0) is 9.12. The first-order valence-corrected chi connectivity index (χ1v) is 4.51. The number of rotatable bonds is 3. The molecule has 0 saturated heterocycles. The van der Waals surface area contributed by atoms with Crippen LogP contribution in [-0.4, -0.2) is 17.9 Å². The lowest BCUT2D eigenvalue weighted by Crippen LogP contribution is -2.32. The summed E-state index contributed by atoms with van der Waals surface area (Å²) in [7, 11) is -4.15. The zero-order valence-corrected chi connectivity index (χ0v) is 7.55. The van der Waals surface area contributed by atoms with Gasteiger partial charge in [0.2, 0.25) is 4.93 Å². The van der Waals surface area contributed by atoms with Gasteiger partial charge in [0.05, 0.1) is 6.26 Å². The zero-order valence-electron chi connectivity index (χ0n) is 6.73. The van der Waals surface area contributed by atoms with Gasteiger partial charge in [-0.05, 0) is 20.8 Å². The summed E-state index contributed by atoms with van der Waals surface area (Å²) in [5.41, 5.74) is 0.